The molecule has 2 aromatic rings. The Morgan fingerprint density at radius 1 is 1.25 bits per heavy atom. The average molecular weight is 219 g/mol. The Morgan fingerprint density at radius 2 is 2.06 bits per heavy atom. The number of rotatable bonds is 5. The van der Waals surface area contributed by atoms with Crippen LogP contribution in [-0.2, 0) is 6.61 Å². The van der Waals surface area contributed by atoms with Crippen molar-refractivity contribution in [2.45, 2.75) is 13.5 Å². The van der Waals surface area contributed by atoms with E-state index in [1.807, 2.05) is 37.3 Å². The summed E-state index contributed by atoms with van der Waals surface area (Å²) in [4.78, 5) is 0. The summed E-state index contributed by atoms with van der Waals surface area (Å²) in [6, 6.07) is 9.93. The Morgan fingerprint density at radius 3 is 2.81 bits per heavy atom. The molecular weight excluding hydrogens is 206 g/mol. The van der Waals surface area contributed by atoms with Gasteiger partial charge in [0.1, 0.15) is 5.75 Å². The number of hydrogen-bond donors (Lipinski definition) is 1. The number of ether oxygens (including phenoxy) is 1. The third kappa shape index (κ3) is 2.73. The molecule has 0 aliphatic carbocycles. The van der Waals surface area contributed by atoms with Crippen LogP contribution in [0.2, 0.25) is 0 Å². The van der Waals surface area contributed by atoms with Gasteiger partial charge in [-0.3, -0.25) is 0 Å². The van der Waals surface area contributed by atoms with Gasteiger partial charge in [-0.15, -0.1) is 5.10 Å². The molecule has 0 aliphatic heterocycles. The molecule has 0 atom stereocenters. The molecule has 0 spiro atoms. The van der Waals surface area contributed by atoms with Crippen molar-refractivity contribution in [1.82, 2.24) is 10.2 Å². The van der Waals surface area contributed by atoms with Crippen LogP contribution in [0.15, 0.2) is 34.7 Å². The second-order valence-electron chi connectivity index (χ2n) is 3.13. The molecule has 5 heteroatoms. The number of aromatic nitrogens is 2. The van der Waals surface area contributed by atoms with Gasteiger partial charge in [0, 0.05) is 6.54 Å². The quantitative estimate of drug-likeness (QED) is 0.834. The van der Waals surface area contributed by atoms with E-state index in [0.717, 1.165) is 12.3 Å². The summed E-state index contributed by atoms with van der Waals surface area (Å²) in [7, 11) is 0. The average Bonchev–Trinajstić information content (AvgIpc) is 2.76. The molecule has 1 aromatic carbocycles. The van der Waals surface area contributed by atoms with Crippen molar-refractivity contribution in [2.24, 2.45) is 0 Å². The minimum absolute atomic E-state index is 0.280. The number of benzene rings is 1. The van der Waals surface area contributed by atoms with Crippen LogP contribution in [0.25, 0.3) is 0 Å². The van der Waals surface area contributed by atoms with Crippen LogP contribution in [0.1, 0.15) is 12.8 Å². The molecule has 5 nitrogen and oxygen atoms in total. The minimum atomic E-state index is 0.280. The molecule has 0 amide bonds. The summed E-state index contributed by atoms with van der Waals surface area (Å²) < 4.78 is 10.7. The van der Waals surface area contributed by atoms with E-state index in [1.54, 1.807) is 0 Å². The van der Waals surface area contributed by atoms with E-state index in [9.17, 15) is 0 Å². The van der Waals surface area contributed by atoms with E-state index in [4.69, 9.17) is 9.15 Å². The molecule has 1 aromatic heterocycles. The standard InChI is InChI=1S/C11H13N3O2/c1-2-12-11-14-13-10(16-11)8-15-9-6-4-3-5-7-9/h3-7H,2,8H2,1H3,(H,12,14). The number of nitrogens with one attached hydrogen (secondary N) is 1. The minimum Gasteiger partial charge on any atom is -0.484 e. The number of para-hydroxylation sites is 1. The van der Waals surface area contributed by atoms with Crippen molar-refractivity contribution in [2.75, 3.05) is 11.9 Å². The molecule has 0 unspecified atom stereocenters. The first-order valence-electron chi connectivity index (χ1n) is 5.12. The Hall–Kier alpha value is -2.04. The molecule has 84 valence electrons. The van der Waals surface area contributed by atoms with Gasteiger partial charge in [-0.05, 0) is 19.1 Å². The highest BCUT2D eigenvalue weighted by Crippen LogP contribution is 2.12. The Kier molecular flexibility index (Phi) is 3.38. The van der Waals surface area contributed by atoms with E-state index < -0.39 is 0 Å². The normalized spacial score (nSPS) is 10.1. The summed E-state index contributed by atoms with van der Waals surface area (Å²) in [6.45, 7) is 2.99. The van der Waals surface area contributed by atoms with Gasteiger partial charge in [0.05, 0.1) is 0 Å². The van der Waals surface area contributed by atoms with Crippen molar-refractivity contribution >= 4 is 6.01 Å². The third-order valence-electron chi connectivity index (χ3n) is 1.90. The molecule has 0 saturated heterocycles. The lowest BCUT2D eigenvalue weighted by molar-refractivity contribution is 0.264. The first-order valence-corrected chi connectivity index (χ1v) is 5.12. The predicted molar refractivity (Wildman–Crippen MR) is 59.2 cm³/mol. The van der Waals surface area contributed by atoms with E-state index >= 15 is 0 Å². The summed E-state index contributed by atoms with van der Waals surface area (Å²) in [5, 5.41) is 10.6. The van der Waals surface area contributed by atoms with Crippen molar-refractivity contribution in [3.63, 3.8) is 0 Å². The number of anilines is 1. The molecule has 0 aliphatic rings. The highest BCUT2D eigenvalue weighted by molar-refractivity contribution is 5.21. The van der Waals surface area contributed by atoms with Crippen molar-refractivity contribution < 1.29 is 9.15 Å². The van der Waals surface area contributed by atoms with Crippen LogP contribution in [0.5, 0.6) is 5.75 Å². The lowest BCUT2D eigenvalue weighted by atomic mass is 10.3. The molecule has 0 fully saturated rings. The van der Waals surface area contributed by atoms with Crippen molar-refractivity contribution in [3.8, 4) is 5.75 Å². The monoisotopic (exact) mass is 219 g/mol. The first-order chi connectivity index (χ1) is 7.88. The highest BCUT2D eigenvalue weighted by Gasteiger charge is 2.05. The molecule has 0 saturated carbocycles. The van der Waals surface area contributed by atoms with Crippen molar-refractivity contribution in [3.05, 3.63) is 36.2 Å². The molecule has 1 N–H and O–H groups in total. The predicted octanol–water partition coefficient (Wildman–Crippen LogP) is 2.08. The van der Waals surface area contributed by atoms with Gasteiger partial charge in [-0.2, -0.15) is 0 Å². The van der Waals surface area contributed by atoms with Gasteiger partial charge in [-0.1, -0.05) is 23.3 Å². The largest absolute Gasteiger partial charge is 0.484 e. The third-order valence-corrected chi connectivity index (χ3v) is 1.90. The molecular formula is C11H13N3O2. The first kappa shape index (κ1) is 10.5. The Balaban J connectivity index is 1.89. The fourth-order valence-electron chi connectivity index (χ4n) is 1.20. The zero-order valence-electron chi connectivity index (χ0n) is 9.01. The topological polar surface area (TPSA) is 60.2 Å². The van der Waals surface area contributed by atoms with Gasteiger partial charge in [0.25, 0.3) is 5.89 Å². The van der Waals surface area contributed by atoms with Gasteiger partial charge < -0.3 is 14.5 Å². The van der Waals surface area contributed by atoms with Crippen molar-refractivity contribution in [1.29, 1.82) is 0 Å². The highest BCUT2D eigenvalue weighted by atomic mass is 16.5. The maximum atomic E-state index is 5.46. The maximum Gasteiger partial charge on any atom is 0.315 e. The van der Waals surface area contributed by atoms with Crippen LogP contribution in [0.4, 0.5) is 6.01 Å². The Bertz CT molecular complexity index is 428. The molecule has 16 heavy (non-hydrogen) atoms. The molecule has 2 rings (SSSR count). The fourth-order valence-corrected chi connectivity index (χ4v) is 1.20. The SMILES string of the molecule is CCNc1nnc(COc2ccccc2)o1. The zero-order valence-corrected chi connectivity index (χ0v) is 9.01. The Labute approximate surface area is 93.4 Å². The molecule has 0 bridgehead atoms. The van der Waals surface area contributed by atoms with Crippen LogP contribution >= 0.6 is 0 Å². The van der Waals surface area contributed by atoms with Gasteiger partial charge >= 0.3 is 6.01 Å². The maximum absolute atomic E-state index is 5.46. The van der Waals surface area contributed by atoms with Gasteiger partial charge in [0.15, 0.2) is 6.61 Å². The van der Waals surface area contributed by atoms with E-state index in [-0.39, 0.29) is 6.61 Å². The lowest BCUT2D eigenvalue weighted by Gasteiger charge is -2.01. The fraction of sp³-hybridized carbons (Fsp3) is 0.273. The summed E-state index contributed by atoms with van der Waals surface area (Å²) in [6.07, 6.45) is 0. The van der Waals surface area contributed by atoms with E-state index in [1.165, 1.54) is 0 Å². The van der Waals surface area contributed by atoms with Crippen LogP contribution in [0, 0.1) is 0 Å². The molecule has 1 heterocycles. The lowest BCUT2D eigenvalue weighted by Crippen LogP contribution is -1.96. The van der Waals surface area contributed by atoms with Crippen LogP contribution < -0.4 is 10.1 Å². The van der Waals surface area contributed by atoms with Gasteiger partial charge in [-0.25, -0.2) is 0 Å². The van der Waals surface area contributed by atoms with E-state index in [0.29, 0.717) is 11.9 Å². The zero-order chi connectivity index (χ0) is 11.2. The summed E-state index contributed by atoms with van der Waals surface area (Å²) in [5.74, 6) is 1.24. The molecule has 0 radical (unpaired) electrons. The van der Waals surface area contributed by atoms with Gasteiger partial charge in [0.2, 0.25) is 0 Å². The second kappa shape index (κ2) is 5.16. The summed E-state index contributed by atoms with van der Waals surface area (Å²) in [5.41, 5.74) is 0. The second-order valence-corrected chi connectivity index (χ2v) is 3.13. The number of hydrogen-bond acceptors (Lipinski definition) is 5. The smallest absolute Gasteiger partial charge is 0.315 e. The number of nitrogens with zero attached hydrogens (tertiary/aromatic N) is 2. The van der Waals surface area contributed by atoms with Crippen LogP contribution in [0.3, 0.4) is 0 Å². The summed E-state index contributed by atoms with van der Waals surface area (Å²) >= 11 is 0. The van der Waals surface area contributed by atoms with Crippen LogP contribution in [-0.4, -0.2) is 16.7 Å². The van der Waals surface area contributed by atoms with E-state index in [2.05, 4.69) is 15.5 Å².